The van der Waals surface area contributed by atoms with E-state index >= 15 is 0 Å². The fourth-order valence-corrected chi connectivity index (χ4v) is 3.04. The second-order valence-electron chi connectivity index (χ2n) is 6.53. The van der Waals surface area contributed by atoms with Gasteiger partial charge in [-0.2, -0.15) is 0 Å². The molecule has 0 aliphatic rings. The summed E-state index contributed by atoms with van der Waals surface area (Å²) in [5, 5.41) is 16.7. The number of imidazole rings is 1. The number of H-pyrrole nitrogens is 1. The van der Waals surface area contributed by atoms with Crippen LogP contribution in [0.4, 0.5) is 0 Å². The molecule has 1 aromatic carbocycles. The molecule has 29 heavy (non-hydrogen) atoms. The number of fused-ring (bicyclic) bond motifs is 1. The molecule has 0 saturated heterocycles. The Morgan fingerprint density at radius 3 is 2.34 bits per heavy atom. The number of carboxylic acids is 2. The summed E-state index contributed by atoms with van der Waals surface area (Å²) in [6, 6.07) is 6.10. The summed E-state index contributed by atoms with van der Waals surface area (Å²) >= 11 is 0. The Kier molecular flexibility index (Phi) is 7.08. The number of carbonyl (C=O) groups excluding carboxylic acids is 1. The third-order valence-corrected chi connectivity index (χ3v) is 4.40. The largest absolute Gasteiger partial charge is 0.478 e. The van der Waals surface area contributed by atoms with Gasteiger partial charge in [0.25, 0.3) is 0 Å². The maximum absolute atomic E-state index is 12.5. The molecule has 0 fully saturated rings. The van der Waals surface area contributed by atoms with Crippen LogP contribution in [-0.2, 0) is 23.1 Å². The second kappa shape index (κ2) is 9.50. The van der Waals surface area contributed by atoms with Gasteiger partial charge in [0, 0.05) is 48.5 Å². The van der Waals surface area contributed by atoms with Crippen molar-refractivity contribution in [1.29, 1.82) is 0 Å². The van der Waals surface area contributed by atoms with Crippen LogP contribution in [0.1, 0.15) is 33.7 Å². The monoisotopic (exact) mass is 397 g/mol. The molecule has 0 aliphatic carbocycles. The van der Waals surface area contributed by atoms with Gasteiger partial charge in [-0.15, -0.1) is 0 Å². The first-order valence-electron chi connectivity index (χ1n) is 8.91. The van der Waals surface area contributed by atoms with Gasteiger partial charge in [0.2, 0.25) is 0 Å². The van der Waals surface area contributed by atoms with Crippen LogP contribution in [0.25, 0.3) is 10.9 Å². The lowest BCUT2D eigenvalue weighted by Gasteiger charge is -2.01. The van der Waals surface area contributed by atoms with Crippen LogP contribution in [0.5, 0.6) is 0 Å². The molecular formula is C21H23N3O5. The van der Waals surface area contributed by atoms with E-state index in [9.17, 15) is 14.4 Å². The molecule has 0 aliphatic heterocycles. The summed E-state index contributed by atoms with van der Waals surface area (Å²) in [6.07, 6.45) is 5.90. The lowest BCUT2D eigenvalue weighted by atomic mass is 10.0. The molecular weight excluding hydrogens is 374 g/mol. The number of aromatic amines is 1. The van der Waals surface area contributed by atoms with Crippen LogP contribution in [0.3, 0.4) is 0 Å². The van der Waals surface area contributed by atoms with Gasteiger partial charge in [-0.3, -0.25) is 4.79 Å². The molecule has 0 amide bonds. The third kappa shape index (κ3) is 5.65. The molecule has 8 nitrogen and oxygen atoms in total. The van der Waals surface area contributed by atoms with E-state index in [4.69, 9.17) is 10.2 Å². The average Bonchev–Trinajstić information content (AvgIpc) is 3.22. The fourth-order valence-electron chi connectivity index (χ4n) is 3.04. The Morgan fingerprint density at radius 1 is 1.14 bits per heavy atom. The second-order valence-corrected chi connectivity index (χ2v) is 6.53. The zero-order valence-corrected chi connectivity index (χ0v) is 16.5. The smallest absolute Gasteiger partial charge is 0.328 e. The van der Waals surface area contributed by atoms with E-state index in [0.717, 1.165) is 27.9 Å². The zero-order chi connectivity index (χ0) is 21.6. The summed E-state index contributed by atoms with van der Waals surface area (Å²) in [6.45, 7) is 4.05. The van der Waals surface area contributed by atoms with Crippen LogP contribution in [0.15, 0.2) is 42.9 Å². The lowest BCUT2D eigenvalue weighted by molar-refractivity contribution is -0.134. The van der Waals surface area contributed by atoms with E-state index in [2.05, 4.69) is 23.0 Å². The van der Waals surface area contributed by atoms with Crippen molar-refractivity contribution in [2.24, 2.45) is 7.05 Å². The number of Topliss-reactive ketones (excluding diaryl/α,β-unsaturated/α-hetero) is 1. The Balaban J connectivity index is 0.000000321. The highest BCUT2D eigenvalue weighted by molar-refractivity contribution is 6.08. The highest BCUT2D eigenvalue weighted by Gasteiger charge is 2.15. The normalized spacial score (nSPS) is 10.7. The molecule has 0 atom stereocenters. The highest BCUT2D eigenvalue weighted by Crippen LogP contribution is 2.25. The van der Waals surface area contributed by atoms with Crippen molar-refractivity contribution >= 4 is 28.6 Å². The molecule has 152 valence electrons. The third-order valence-electron chi connectivity index (χ3n) is 4.40. The van der Waals surface area contributed by atoms with Crippen molar-refractivity contribution in [3.8, 4) is 0 Å². The van der Waals surface area contributed by atoms with E-state index in [-0.39, 0.29) is 5.78 Å². The summed E-state index contributed by atoms with van der Waals surface area (Å²) in [5.41, 5.74) is 5.15. The van der Waals surface area contributed by atoms with Gasteiger partial charge < -0.3 is 19.8 Å². The van der Waals surface area contributed by atoms with Crippen LogP contribution in [0, 0.1) is 13.8 Å². The molecule has 3 rings (SSSR count). The number of nitrogens with zero attached hydrogens (tertiary/aromatic N) is 2. The maximum Gasteiger partial charge on any atom is 0.328 e. The zero-order valence-electron chi connectivity index (χ0n) is 16.5. The minimum absolute atomic E-state index is 0.175. The number of ketones is 1. The Morgan fingerprint density at radius 2 is 1.79 bits per heavy atom. The van der Waals surface area contributed by atoms with Gasteiger partial charge >= 0.3 is 11.9 Å². The van der Waals surface area contributed by atoms with E-state index < -0.39 is 11.9 Å². The topological polar surface area (TPSA) is 125 Å². The molecule has 2 aromatic heterocycles. The number of para-hydroxylation sites is 1. The van der Waals surface area contributed by atoms with Crippen molar-refractivity contribution in [3.63, 3.8) is 0 Å². The lowest BCUT2D eigenvalue weighted by Crippen LogP contribution is -2.01. The standard InChI is InChI=1S/C17H19N3O.C4H4O4/c1-11-5-4-6-13-14(9-20(3)17(11)13)16(21)8-7-15-12(2)18-10-19-15;5-3(6)1-2-4(7)8/h4-6,9-10H,7-8H2,1-3H3,(H,18,19);1-2H,(H,5,6)(H,7,8)/b;2-1-. The predicted molar refractivity (Wildman–Crippen MR) is 108 cm³/mol. The molecule has 0 radical (unpaired) electrons. The van der Waals surface area contributed by atoms with Gasteiger partial charge in [-0.25, -0.2) is 14.6 Å². The average molecular weight is 397 g/mol. The molecule has 0 bridgehead atoms. The number of carbonyl (C=O) groups is 3. The molecule has 0 unspecified atom stereocenters. The number of carboxylic acid groups (broad SMARTS) is 2. The first-order chi connectivity index (χ1) is 13.7. The summed E-state index contributed by atoms with van der Waals surface area (Å²) < 4.78 is 2.04. The van der Waals surface area contributed by atoms with E-state index in [0.29, 0.717) is 25.0 Å². The number of hydrogen-bond acceptors (Lipinski definition) is 4. The number of rotatable bonds is 6. The molecule has 8 heteroatoms. The molecule has 2 heterocycles. The molecule has 3 N–H and O–H groups in total. The minimum atomic E-state index is -1.26. The van der Waals surface area contributed by atoms with Gasteiger partial charge in [0.05, 0.1) is 17.5 Å². The number of aromatic nitrogens is 3. The molecule has 3 aromatic rings. The van der Waals surface area contributed by atoms with Crippen molar-refractivity contribution in [2.45, 2.75) is 26.7 Å². The summed E-state index contributed by atoms with van der Waals surface area (Å²) in [5.74, 6) is -2.34. The predicted octanol–water partition coefficient (Wildman–Crippen LogP) is 3.05. The Bertz CT molecular complexity index is 1060. The number of aryl methyl sites for hydroxylation is 4. The van der Waals surface area contributed by atoms with Crippen molar-refractivity contribution < 1.29 is 24.6 Å². The van der Waals surface area contributed by atoms with Crippen molar-refractivity contribution in [1.82, 2.24) is 14.5 Å². The Labute approximate surface area is 167 Å². The molecule has 0 spiro atoms. The Hall–Kier alpha value is -3.68. The van der Waals surface area contributed by atoms with Gasteiger partial charge in [-0.1, -0.05) is 18.2 Å². The minimum Gasteiger partial charge on any atom is -0.478 e. The number of aliphatic carboxylic acids is 2. The maximum atomic E-state index is 12.5. The van der Waals surface area contributed by atoms with Crippen molar-refractivity contribution in [2.75, 3.05) is 0 Å². The number of nitrogens with one attached hydrogen (secondary N) is 1. The number of hydrogen-bond donors (Lipinski definition) is 3. The van der Waals surface area contributed by atoms with E-state index in [1.165, 1.54) is 5.56 Å². The number of benzene rings is 1. The van der Waals surface area contributed by atoms with E-state index in [1.807, 2.05) is 36.9 Å². The molecule has 0 saturated carbocycles. The SMILES string of the molecule is Cc1[nH]cnc1CCC(=O)c1cn(C)c2c(C)cccc12.O=C(O)/C=C\C(=O)O. The van der Waals surface area contributed by atoms with Crippen LogP contribution in [0.2, 0.25) is 0 Å². The van der Waals surface area contributed by atoms with E-state index in [1.54, 1.807) is 6.33 Å². The van der Waals surface area contributed by atoms with Gasteiger partial charge in [0.15, 0.2) is 5.78 Å². The highest BCUT2D eigenvalue weighted by atomic mass is 16.4. The first kappa shape index (κ1) is 21.6. The van der Waals surface area contributed by atoms with Gasteiger partial charge in [0.1, 0.15) is 0 Å². The fraction of sp³-hybridized carbons (Fsp3) is 0.238. The first-order valence-corrected chi connectivity index (χ1v) is 8.91. The summed E-state index contributed by atoms with van der Waals surface area (Å²) in [7, 11) is 1.99. The van der Waals surface area contributed by atoms with Crippen LogP contribution in [-0.4, -0.2) is 42.5 Å². The van der Waals surface area contributed by atoms with Crippen LogP contribution >= 0.6 is 0 Å². The van der Waals surface area contributed by atoms with Crippen molar-refractivity contribution in [3.05, 3.63) is 65.4 Å². The quantitative estimate of drug-likeness (QED) is 0.434. The van der Waals surface area contributed by atoms with Gasteiger partial charge in [-0.05, 0) is 25.8 Å². The van der Waals surface area contributed by atoms with Crippen LogP contribution < -0.4 is 0 Å². The summed E-state index contributed by atoms with van der Waals surface area (Å²) in [4.78, 5) is 38.9.